The largest absolute Gasteiger partial charge is 0.481 e. The van der Waals surface area contributed by atoms with Crippen LogP contribution in [0.25, 0.3) is 0 Å². The van der Waals surface area contributed by atoms with Crippen molar-refractivity contribution in [2.75, 3.05) is 45.8 Å². The summed E-state index contributed by atoms with van der Waals surface area (Å²) in [5.41, 5.74) is 0. The van der Waals surface area contributed by atoms with Gasteiger partial charge in [-0.1, -0.05) is 0 Å². The monoisotopic (exact) mass is 283 g/mol. The van der Waals surface area contributed by atoms with E-state index >= 15 is 0 Å². The highest BCUT2D eigenvalue weighted by Crippen LogP contribution is 2.20. The van der Waals surface area contributed by atoms with Crippen molar-refractivity contribution in [3.8, 4) is 0 Å². The average Bonchev–Trinajstić information content (AvgIpc) is 2.67. The average molecular weight is 283 g/mol. The van der Waals surface area contributed by atoms with Crippen LogP contribution >= 0.6 is 0 Å². The normalized spacial score (nSPS) is 22.5. The molecule has 0 radical (unpaired) electrons. The molecule has 2 aliphatic heterocycles. The van der Waals surface area contributed by atoms with Gasteiger partial charge >= 0.3 is 5.97 Å². The first-order chi connectivity index (χ1) is 9.65. The Bertz CT molecular complexity index is 333. The lowest BCUT2D eigenvalue weighted by Gasteiger charge is -2.33. The van der Waals surface area contributed by atoms with Crippen LogP contribution in [-0.2, 0) is 9.59 Å². The predicted molar refractivity (Wildman–Crippen MR) is 75.5 cm³/mol. The first-order valence-corrected chi connectivity index (χ1v) is 7.58. The quantitative estimate of drug-likeness (QED) is 0.759. The summed E-state index contributed by atoms with van der Waals surface area (Å²) in [4.78, 5) is 27.1. The van der Waals surface area contributed by atoms with Crippen molar-refractivity contribution in [2.24, 2.45) is 5.92 Å². The summed E-state index contributed by atoms with van der Waals surface area (Å²) in [5.74, 6) is -0.300. The SMILES string of the molecule is O=C(O)CC1CCN(C(=O)CN2CCCNCC2)CC1. The summed E-state index contributed by atoms with van der Waals surface area (Å²) in [6, 6.07) is 0. The summed E-state index contributed by atoms with van der Waals surface area (Å²) in [7, 11) is 0. The third-order valence-corrected chi connectivity index (χ3v) is 4.22. The fourth-order valence-corrected chi connectivity index (χ4v) is 2.98. The van der Waals surface area contributed by atoms with E-state index in [-0.39, 0.29) is 18.2 Å². The van der Waals surface area contributed by atoms with Crippen LogP contribution in [0.2, 0.25) is 0 Å². The first-order valence-electron chi connectivity index (χ1n) is 7.58. The number of piperidine rings is 1. The molecule has 0 aromatic heterocycles. The lowest BCUT2D eigenvalue weighted by Crippen LogP contribution is -2.45. The molecule has 6 nitrogen and oxygen atoms in total. The molecule has 2 heterocycles. The Labute approximate surface area is 120 Å². The molecule has 0 aliphatic carbocycles. The zero-order valence-corrected chi connectivity index (χ0v) is 12.0. The number of aliphatic carboxylic acids is 1. The van der Waals surface area contributed by atoms with E-state index in [4.69, 9.17) is 5.11 Å². The van der Waals surface area contributed by atoms with Crippen LogP contribution in [0.4, 0.5) is 0 Å². The third kappa shape index (κ3) is 4.76. The van der Waals surface area contributed by atoms with Gasteiger partial charge in [-0.15, -0.1) is 0 Å². The molecule has 2 N–H and O–H groups in total. The van der Waals surface area contributed by atoms with Gasteiger partial charge < -0.3 is 15.3 Å². The zero-order chi connectivity index (χ0) is 14.4. The van der Waals surface area contributed by atoms with E-state index in [1.54, 1.807) is 0 Å². The van der Waals surface area contributed by atoms with E-state index in [0.717, 1.165) is 45.4 Å². The number of nitrogens with zero attached hydrogens (tertiary/aromatic N) is 2. The number of amides is 1. The molecule has 2 fully saturated rings. The van der Waals surface area contributed by atoms with Crippen LogP contribution in [0.5, 0.6) is 0 Å². The number of carbonyl (C=O) groups excluding carboxylic acids is 1. The minimum atomic E-state index is -0.730. The molecular formula is C14H25N3O3. The van der Waals surface area contributed by atoms with Crippen LogP contribution < -0.4 is 5.32 Å². The van der Waals surface area contributed by atoms with Crippen molar-refractivity contribution in [3.63, 3.8) is 0 Å². The maximum Gasteiger partial charge on any atom is 0.303 e. The van der Waals surface area contributed by atoms with Gasteiger partial charge in [-0.2, -0.15) is 0 Å². The number of nitrogens with one attached hydrogen (secondary N) is 1. The number of rotatable bonds is 4. The predicted octanol–water partition coefficient (Wildman–Crippen LogP) is -0.00500. The van der Waals surface area contributed by atoms with Crippen LogP contribution in [0.3, 0.4) is 0 Å². The van der Waals surface area contributed by atoms with Crippen molar-refractivity contribution >= 4 is 11.9 Å². The minimum Gasteiger partial charge on any atom is -0.481 e. The maximum absolute atomic E-state index is 12.3. The number of carboxylic acid groups (broad SMARTS) is 1. The Hall–Kier alpha value is -1.14. The highest BCUT2D eigenvalue weighted by atomic mass is 16.4. The molecule has 0 spiro atoms. The summed E-state index contributed by atoms with van der Waals surface area (Å²) in [5, 5.41) is 12.1. The smallest absolute Gasteiger partial charge is 0.303 e. The number of hydrogen-bond donors (Lipinski definition) is 2. The summed E-state index contributed by atoms with van der Waals surface area (Å²) in [6.45, 7) is 5.83. The Morgan fingerprint density at radius 1 is 1.10 bits per heavy atom. The Balaban J connectivity index is 1.72. The molecule has 20 heavy (non-hydrogen) atoms. The summed E-state index contributed by atoms with van der Waals surface area (Å²) in [6.07, 6.45) is 2.97. The van der Waals surface area contributed by atoms with Crippen molar-refractivity contribution in [1.82, 2.24) is 15.1 Å². The molecule has 0 aromatic carbocycles. The standard InChI is InChI=1S/C14H25N3O3/c18-13(11-16-6-1-4-15-5-9-16)17-7-2-12(3-8-17)10-14(19)20/h12,15H,1-11H2,(H,19,20). The summed E-state index contributed by atoms with van der Waals surface area (Å²) < 4.78 is 0. The van der Waals surface area contributed by atoms with Crippen molar-refractivity contribution in [3.05, 3.63) is 0 Å². The van der Waals surface area contributed by atoms with Crippen LogP contribution in [0, 0.1) is 5.92 Å². The molecule has 2 rings (SSSR count). The van der Waals surface area contributed by atoms with Crippen LogP contribution in [0.15, 0.2) is 0 Å². The number of likely N-dealkylation sites (tertiary alicyclic amines) is 1. The van der Waals surface area contributed by atoms with E-state index < -0.39 is 5.97 Å². The first kappa shape index (κ1) is 15.3. The lowest BCUT2D eigenvalue weighted by atomic mass is 9.93. The molecule has 0 bridgehead atoms. The van der Waals surface area contributed by atoms with Crippen molar-refractivity contribution in [2.45, 2.75) is 25.7 Å². The van der Waals surface area contributed by atoms with Gasteiger partial charge in [0.25, 0.3) is 0 Å². The molecule has 6 heteroatoms. The van der Waals surface area contributed by atoms with E-state index in [2.05, 4.69) is 10.2 Å². The van der Waals surface area contributed by atoms with Gasteiger partial charge in [-0.3, -0.25) is 14.5 Å². The lowest BCUT2D eigenvalue weighted by molar-refractivity contribution is -0.138. The topological polar surface area (TPSA) is 72.9 Å². The number of hydrogen-bond acceptors (Lipinski definition) is 4. The van der Waals surface area contributed by atoms with E-state index in [9.17, 15) is 9.59 Å². The Kier molecular flexibility index (Phi) is 5.79. The van der Waals surface area contributed by atoms with Gasteiger partial charge in [0.05, 0.1) is 6.54 Å². The number of carbonyl (C=O) groups is 2. The second kappa shape index (κ2) is 7.59. The van der Waals surface area contributed by atoms with Gasteiger partial charge in [0, 0.05) is 32.6 Å². The minimum absolute atomic E-state index is 0.195. The Morgan fingerprint density at radius 2 is 1.85 bits per heavy atom. The second-order valence-corrected chi connectivity index (χ2v) is 5.80. The molecule has 2 aliphatic rings. The molecule has 0 atom stereocenters. The van der Waals surface area contributed by atoms with E-state index in [1.807, 2.05) is 4.90 Å². The van der Waals surface area contributed by atoms with Gasteiger partial charge in [0.15, 0.2) is 0 Å². The maximum atomic E-state index is 12.3. The van der Waals surface area contributed by atoms with Gasteiger partial charge in [-0.05, 0) is 38.3 Å². The second-order valence-electron chi connectivity index (χ2n) is 5.80. The molecule has 0 aromatic rings. The van der Waals surface area contributed by atoms with Gasteiger partial charge in [0.1, 0.15) is 0 Å². The molecule has 2 saturated heterocycles. The number of carboxylic acids is 1. The zero-order valence-electron chi connectivity index (χ0n) is 12.0. The summed E-state index contributed by atoms with van der Waals surface area (Å²) >= 11 is 0. The van der Waals surface area contributed by atoms with Gasteiger partial charge in [0.2, 0.25) is 5.91 Å². The van der Waals surface area contributed by atoms with E-state index in [1.165, 1.54) is 0 Å². The van der Waals surface area contributed by atoms with Crippen LogP contribution in [0.1, 0.15) is 25.7 Å². The highest BCUT2D eigenvalue weighted by Gasteiger charge is 2.25. The third-order valence-electron chi connectivity index (χ3n) is 4.22. The fraction of sp³-hybridized carbons (Fsp3) is 0.857. The Morgan fingerprint density at radius 3 is 2.55 bits per heavy atom. The molecule has 114 valence electrons. The fourth-order valence-electron chi connectivity index (χ4n) is 2.98. The van der Waals surface area contributed by atoms with Crippen molar-refractivity contribution < 1.29 is 14.7 Å². The highest BCUT2D eigenvalue weighted by molar-refractivity contribution is 5.78. The van der Waals surface area contributed by atoms with E-state index in [0.29, 0.717) is 19.6 Å². The van der Waals surface area contributed by atoms with Gasteiger partial charge in [-0.25, -0.2) is 0 Å². The molecule has 0 unspecified atom stereocenters. The van der Waals surface area contributed by atoms with Crippen molar-refractivity contribution in [1.29, 1.82) is 0 Å². The molecule has 0 saturated carbocycles. The molecule has 1 amide bonds. The molecular weight excluding hydrogens is 258 g/mol. The van der Waals surface area contributed by atoms with Crippen LogP contribution in [-0.4, -0.2) is 72.6 Å².